The van der Waals surface area contributed by atoms with E-state index in [1.807, 2.05) is 0 Å². The van der Waals surface area contributed by atoms with Crippen molar-refractivity contribution < 1.29 is 23.0 Å². The Morgan fingerprint density at radius 3 is 2.68 bits per heavy atom. The highest BCUT2D eigenvalue weighted by Crippen LogP contribution is 2.57. The highest BCUT2D eigenvalue weighted by molar-refractivity contribution is 6.30. The molecule has 4 rings (SSSR count). The van der Waals surface area contributed by atoms with Crippen LogP contribution in [-0.2, 0) is 6.18 Å². The van der Waals surface area contributed by atoms with E-state index in [-0.39, 0.29) is 22.0 Å². The van der Waals surface area contributed by atoms with Gasteiger partial charge in [-0.05, 0) is 30.9 Å². The Bertz CT molecular complexity index is 879. The van der Waals surface area contributed by atoms with E-state index >= 15 is 0 Å². The summed E-state index contributed by atoms with van der Waals surface area (Å²) in [5, 5.41) is 10.8. The van der Waals surface area contributed by atoms with Crippen LogP contribution in [0.3, 0.4) is 0 Å². The first kappa shape index (κ1) is 19.3. The number of aliphatic hydroxyl groups excluding tert-OH is 1. The predicted molar refractivity (Wildman–Crippen MR) is 97.4 cm³/mol. The smallest absolute Gasteiger partial charge is 0.435 e. The molecule has 3 heterocycles. The van der Waals surface area contributed by atoms with Gasteiger partial charge >= 0.3 is 6.18 Å². The third-order valence-electron chi connectivity index (χ3n) is 5.68. The number of aliphatic hydroxyl groups is 1. The van der Waals surface area contributed by atoms with Crippen LogP contribution >= 0.6 is 11.6 Å². The highest BCUT2D eigenvalue weighted by Gasteiger charge is 2.55. The molecule has 0 radical (unpaired) electrons. The molecule has 1 saturated heterocycles. The second-order valence-corrected chi connectivity index (χ2v) is 8.04. The minimum Gasteiger partial charge on any atom is -0.496 e. The molecule has 1 aliphatic carbocycles. The number of aromatic nitrogens is 2. The Hall–Kier alpha value is -2.06. The molecule has 1 saturated carbocycles. The standard InChI is InChI=1S/C19H19ClF3N3O2/c1-28-15-2-3-24-8-13(15)16(27)11-5-18(6-11)9-26(10-18)14-4-12(20)7-25-17(14)19(21,22)23/h2-4,7-8,11,16,27H,5-6,9-10H2,1H3. The fourth-order valence-corrected chi connectivity index (χ4v) is 4.56. The Balaban J connectivity index is 1.43. The molecule has 1 atom stereocenters. The summed E-state index contributed by atoms with van der Waals surface area (Å²) in [6, 6.07) is 3.01. The molecule has 28 heavy (non-hydrogen) atoms. The van der Waals surface area contributed by atoms with Crippen LogP contribution in [0.5, 0.6) is 5.75 Å². The molecule has 1 aliphatic heterocycles. The van der Waals surface area contributed by atoms with E-state index in [1.165, 1.54) is 13.2 Å². The summed E-state index contributed by atoms with van der Waals surface area (Å²) < 4.78 is 45.0. The molecule has 2 fully saturated rings. The van der Waals surface area contributed by atoms with Crippen molar-refractivity contribution in [2.75, 3.05) is 25.1 Å². The molecule has 1 spiro atoms. The molecular weight excluding hydrogens is 395 g/mol. The second-order valence-electron chi connectivity index (χ2n) is 7.61. The first-order chi connectivity index (χ1) is 13.2. The fraction of sp³-hybridized carbons (Fsp3) is 0.474. The molecule has 1 N–H and O–H groups in total. The average molecular weight is 414 g/mol. The zero-order valence-corrected chi connectivity index (χ0v) is 15.8. The lowest BCUT2D eigenvalue weighted by Gasteiger charge is -2.61. The molecule has 2 aromatic rings. The molecule has 0 aromatic carbocycles. The van der Waals surface area contributed by atoms with Gasteiger partial charge in [-0.1, -0.05) is 11.6 Å². The number of nitrogens with zero attached hydrogens (tertiary/aromatic N) is 3. The summed E-state index contributed by atoms with van der Waals surface area (Å²) in [5.41, 5.74) is -0.336. The number of anilines is 1. The molecule has 5 nitrogen and oxygen atoms in total. The van der Waals surface area contributed by atoms with Gasteiger partial charge in [0.2, 0.25) is 0 Å². The Kier molecular flexibility index (Phi) is 4.66. The van der Waals surface area contributed by atoms with Crippen molar-refractivity contribution in [3.8, 4) is 5.75 Å². The van der Waals surface area contributed by atoms with Gasteiger partial charge in [-0.3, -0.25) is 4.98 Å². The topological polar surface area (TPSA) is 58.5 Å². The minimum absolute atomic E-state index is 0.0172. The second kappa shape index (κ2) is 6.77. The van der Waals surface area contributed by atoms with Gasteiger partial charge in [-0.25, -0.2) is 4.98 Å². The summed E-state index contributed by atoms with van der Waals surface area (Å²) in [4.78, 5) is 9.19. The maximum Gasteiger partial charge on any atom is 0.435 e. The van der Waals surface area contributed by atoms with Crippen molar-refractivity contribution in [2.45, 2.75) is 25.1 Å². The average Bonchev–Trinajstić information content (AvgIpc) is 2.58. The summed E-state index contributed by atoms with van der Waals surface area (Å²) >= 11 is 5.86. The van der Waals surface area contributed by atoms with Crippen molar-refractivity contribution >= 4 is 17.3 Å². The van der Waals surface area contributed by atoms with E-state index in [0.717, 1.165) is 19.0 Å². The van der Waals surface area contributed by atoms with Gasteiger partial charge in [0.15, 0.2) is 5.69 Å². The van der Waals surface area contributed by atoms with Gasteiger partial charge in [-0.15, -0.1) is 0 Å². The quantitative estimate of drug-likeness (QED) is 0.817. The molecule has 2 aliphatic rings. The zero-order valence-electron chi connectivity index (χ0n) is 15.1. The van der Waals surface area contributed by atoms with E-state index in [9.17, 15) is 18.3 Å². The van der Waals surface area contributed by atoms with Crippen molar-refractivity contribution in [2.24, 2.45) is 11.3 Å². The number of methoxy groups -OCH3 is 1. The van der Waals surface area contributed by atoms with E-state index in [1.54, 1.807) is 23.4 Å². The fourth-order valence-electron chi connectivity index (χ4n) is 4.41. The van der Waals surface area contributed by atoms with Crippen molar-refractivity contribution in [3.63, 3.8) is 0 Å². The van der Waals surface area contributed by atoms with Crippen molar-refractivity contribution in [1.82, 2.24) is 9.97 Å². The third kappa shape index (κ3) is 3.28. The van der Waals surface area contributed by atoms with E-state index in [2.05, 4.69) is 9.97 Å². The molecule has 9 heteroatoms. The summed E-state index contributed by atoms with van der Waals surface area (Å²) in [7, 11) is 1.54. The first-order valence-electron chi connectivity index (χ1n) is 8.86. The van der Waals surface area contributed by atoms with Gasteiger partial charge < -0.3 is 14.7 Å². The van der Waals surface area contributed by atoms with E-state index in [4.69, 9.17) is 16.3 Å². The van der Waals surface area contributed by atoms with Crippen LogP contribution in [0.1, 0.15) is 30.2 Å². The molecule has 0 amide bonds. The predicted octanol–water partition coefficient (Wildman–Crippen LogP) is 4.11. The van der Waals surface area contributed by atoms with Gasteiger partial charge in [0, 0.05) is 42.7 Å². The number of hydrogen-bond acceptors (Lipinski definition) is 5. The van der Waals surface area contributed by atoms with Crippen LogP contribution < -0.4 is 9.64 Å². The number of halogens is 4. The molecule has 1 unspecified atom stereocenters. The van der Waals surface area contributed by atoms with Crippen molar-refractivity contribution in [3.05, 3.63) is 47.0 Å². The Labute approximate surface area is 165 Å². The summed E-state index contributed by atoms with van der Waals surface area (Å²) in [6.45, 7) is 0.983. The van der Waals surface area contributed by atoms with Crippen LogP contribution in [0, 0.1) is 11.3 Å². The van der Waals surface area contributed by atoms with Crippen LogP contribution in [0.15, 0.2) is 30.7 Å². The van der Waals surface area contributed by atoms with E-state index in [0.29, 0.717) is 24.4 Å². The van der Waals surface area contributed by atoms with Crippen LogP contribution in [0.4, 0.5) is 18.9 Å². The van der Waals surface area contributed by atoms with Crippen LogP contribution in [0.2, 0.25) is 5.02 Å². The normalized spacial score (nSPS) is 19.9. The Morgan fingerprint density at radius 2 is 2.04 bits per heavy atom. The summed E-state index contributed by atoms with van der Waals surface area (Å²) in [6.07, 6.45) is 0.434. The molecule has 150 valence electrons. The van der Waals surface area contributed by atoms with Crippen LogP contribution in [0.25, 0.3) is 0 Å². The number of hydrogen-bond donors (Lipinski definition) is 1. The van der Waals surface area contributed by atoms with Gasteiger partial charge in [0.1, 0.15) is 5.75 Å². The maximum absolute atomic E-state index is 13.2. The monoisotopic (exact) mass is 413 g/mol. The van der Waals surface area contributed by atoms with Crippen LogP contribution in [-0.4, -0.2) is 35.3 Å². The lowest BCUT2D eigenvalue weighted by Crippen LogP contribution is -2.63. The lowest BCUT2D eigenvalue weighted by atomic mass is 9.55. The van der Waals surface area contributed by atoms with E-state index < -0.39 is 18.0 Å². The Morgan fingerprint density at radius 1 is 1.32 bits per heavy atom. The maximum atomic E-state index is 13.2. The molecule has 2 aromatic heterocycles. The van der Waals surface area contributed by atoms with Crippen molar-refractivity contribution in [1.29, 1.82) is 0 Å². The molecule has 0 bridgehead atoms. The number of pyridine rings is 2. The number of rotatable bonds is 4. The largest absolute Gasteiger partial charge is 0.496 e. The number of ether oxygens (including phenoxy) is 1. The SMILES string of the molecule is COc1ccncc1C(O)C1CC2(C1)CN(c1cc(Cl)cnc1C(F)(F)F)C2. The van der Waals surface area contributed by atoms with Gasteiger partial charge in [0.25, 0.3) is 0 Å². The zero-order chi connectivity index (χ0) is 20.1. The van der Waals surface area contributed by atoms with Gasteiger partial charge in [0.05, 0.1) is 23.9 Å². The minimum atomic E-state index is -4.53. The third-order valence-corrected chi connectivity index (χ3v) is 5.89. The van der Waals surface area contributed by atoms with Gasteiger partial charge in [-0.2, -0.15) is 13.2 Å². The lowest BCUT2D eigenvalue weighted by molar-refractivity contribution is -0.141. The first-order valence-corrected chi connectivity index (χ1v) is 9.24. The summed E-state index contributed by atoms with van der Waals surface area (Å²) in [5.74, 6) is 0.610. The highest BCUT2D eigenvalue weighted by atomic mass is 35.5. The molecular formula is C19H19ClF3N3O2. The number of alkyl halides is 3.